The molecule has 0 saturated carbocycles. The fraction of sp³-hybridized carbons (Fsp3) is 0.389. The van der Waals surface area contributed by atoms with Gasteiger partial charge in [0.1, 0.15) is 5.65 Å². The summed E-state index contributed by atoms with van der Waals surface area (Å²) in [6.45, 7) is 4.25. The van der Waals surface area contributed by atoms with E-state index in [0.29, 0.717) is 10.9 Å². The molecule has 0 bridgehead atoms. The fourth-order valence-electron chi connectivity index (χ4n) is 3.65. The van der Waals surface area contributed by atoms with Crippen molar-refractivity contribution in [3.05, 3.63) is 47.1 Å². The van der Waals surface area contributed by atoms with Crippen molar-refractivity contribution in [2.45, 2.75) is 32.2 Å². The number of fused-ring (bicyclic) bond motifs is 1. The van der Waals surface area contributed by atoms with Crippen molar-refractivity contribution in [1.82, 2.24) is 24.5 Å². The number of aromatic amines is 1. The van der Waals surface area contributed by atoms with Gasteiger partial charge >= 0.3 is 0 Å². The number of halogens is 1. The molecule has 3 aromatic heterocycles. The summed E-state index contributed by atoms with van der Waals surface area (Å²) in [6, 6.07) is 3.78. The van der Waals surface area contributed by atoms with E-state index in [2.05, 4.69) is 25.4 Å². The molecule has 0 radical (unpaired) electrons. The maximum Gasteiger partial charge on any atom is 0.221 e. The number of H-pyrrole nitrogens is 1. The molecular formula is C18H21ClN6O. The van der Waals surface area contributed by atoms with Gasteiger partial charge in [-0.3, -0.25) is 14.8 Å². The molecule has 0 unspecified atom stereocenters. The van der Waals surface area contributed by atoms with Crippen LogP contribution in [0.1, 0.15) is 37.1 Å². The van der Waals surface area contributed by atoms with Crippen molar-refractivity contribution >= 4 is 28.8 Å². The van der Waals surface area contributed by atoms with E-state index in [9.17, 15) is 4.79 Å². The first-order chi connectivity index (χ1) is 12.6. The minimum absolute atomic E-state index is 0.0799. The summed E-state index contributed by atoms with van der Waals surface area (Å²) < 4.78 is 1.96. The van der Waals surface area contributed by atoms with Crippen LogP contribution in [-0.2, 0) is 11.3 Å². The number of amides is 1. The number of aromatic nitrogens is 4. The van der Waals surface area contributed by atoms with Gasteiger partial charge in [-0.05, 0) is 31.5 Å². The molecule has 0 aromatic carbocycles. The summed E-state index contributed by atoms with van der Waals surface area (Å²) >= 11 is 6.05. The predicted molar refractivity (Wildman–Crippen MR) is 100 cm³/mol. The monoisotopic (exact) mass is 372 g/mol. The number of nitrogens with zero attached hydrogens (tertiary/aromatic N) is 4. The third-order valence-corrected chi connectivity index (χ3v) is 4.97. The zero-order chi connectivity index (χ0) is 18.1. The van der Waals surface area contributed by atoms with Gasteiger partial charge in [0.25, 0.3) is 0 Å². The number of rotatable bonds is 4. The molecule has 8 heteroatoms. The molecule has 1 aliphatic rings. The lowest BCUT2D eigenvalue weighted by molar-refractivity contribution is -0.114. The highest BCUT2D eigenvalue weighted by atomic mass is 35.5. The first-order valence-corrected chi connectivity index (χ1v) is 9.12. The lowest BCUT2D eigenvalue weighted by Gasteiger charge is -2.32. The summed E-state index contributed by atoms with van der Waals surface area (Å²) in [4.78, 5) is 18.5. The second-order valence-electron chi connectivity index (χ2n) is 6.80. The highest BCUT2D eigenvalue weighted by molar-refractivity contribution is 6.30. The highest BCUT2D eigenvalue weighted by Gasteiger charge is 2.25. The van der Waals surface area contributed by atoms with Gasteiger partial charge in [-0.2, -0.15) is 5.10 Å². The van der Waals surface area contributed by atoms with E-state index < -0.39 is 0 Å². The van der Waals surface area contributed by atoms with Crippen LogP contribution in [0, 0.1) is 0 Å². The minimum Gasteiger partial charge on any atom is -0.323 e. The average molecular weight is 373 g/mol. The number of piperidine rings is 1. The van der Waals surface area contributed by atoms with Crippen LogP contribution in [0.3, 0.4) is 0 Å². The molecule has 1 saturated heterocycles. The lowest BCUT2D eigenvalue weighted by Crippen LogP contribution is -2.34. The maximum atomic E-state index is 11.4. The number of hydrogen-bond donors (Lipinski definition) is 2. The Kier molecular flexibility index (Phi) is 4.65. The molecule has 0 aliphatic carbocycles. The topological polar surface area (TPSA) is 78.3 Å². The average Bonchev–Trinajstić information content (AvgIpc) is 3.20. The van der Waals surface area contributed by atoms with E-state index in [-0.39, 0.29) is 5.91 Å². The van der Waals surface area contributed by atoms with Crippen LogP contribution in [0.5, 0.6) is 0 Å². The first-order valence-electron chi connectivity index (χ1n) is 8.75. The van der Waals surface area contributed by atoms with Crippen LogP contribution in [0.2, 0.25) is 5.02 Å². The van der Waals surface area contributed by atoms with Gasteiger partial charge in [0.05, 0.1) is 28.3 Å². The van der Waals surface area contributed by atoms with Gasteiger partial charge in [0.2, 0.25) is 5.91 Å². The van der Waals surface area contributed by atoms with Crippen molar-refractivity contribution in [3.8, 4) is 0 Å². The number of pyridine rings is 1. The van der Waals surface area contributed by atoms with Crippen LogP contribution in [0.25, 0.3) is 5.65 Å². The summed E-state index contributed by atoms with van der Waals surface area (Å²) in [7, 11) is 0. The number of carbonyl (C=O) groups excluding carboxylic acids is 1. The quantitative estimate of drug-likeness (QED) is 0.737. The Morgan fingerprint density at radius 2 is 2.31 bits per heavy atom. The number of nitrogens with one attached hydrogen (secondary N) is 2. The van der Waals surface area contributed by atoms with Crippen molar-refractivity contribution in [2.24, 2.45) is 0 Å². The van der Waals surface area contributed by atoms with Crippen LogP contribution in [-0.4, -0.2) is 43.5 Å². The molecule has 26 heavy (non-hydrogen) atoms. The third-order valence-electron chi connectivity index (χ3n) is 4.74. The Bertz CT molecular complexity index is 933. The van der Waals surface area contributed by atoms with Gasteiger partial charge in [0, 0.05) is 38.3 Å². The Labute approximate surface area is 156 Å². The predicted octanol–water partition coefficient (Wildman–Crippen LogP) is 3.05. The van der Waals surface area contributed by atoms with Gasteiger partial charge in [-0.25, -0.2) is 4.98 Å². The second-order valence-corrected chi connectivity index (χ2v) is 7.23. The largest absolute Gasteiger partial charge is 0.323 e. The number of imidazole rings is 1. The fourth-order valence-corrected chi connectivity index (χ4v) is 3.82. The number of anilines is 1. The van der Waals surface area contributed by atoms with Crippen molar-refractivity contribution in [1.29, 1.82) is 0 Å². The highest BCUT2D eigenvalue weighted by Crippen LogP contribution is 2.30. The van der Waals surface area contributed by atoms with Gasteiger partial charge < -0.3 is 9.72 Å². The molecule has 3 aromatic rings. The van der Waals surface area contributed by atoms with Crippen molar-refractivity contribution in [3.63, 3.8) is 0 Å². The summed E-state index contributed by atoms with van der Waals surface area (Å²) in [5, 5.41) is 10.7. The van der Waals surface area contributed by atoms with Crippen LogP contribution >= 0.6 is 11.6 Å². The van der Waals surface area contributed by atoms with E-state index in [1.807, 2.05) is 28.9 Å². The zero-order valence-electron chi connectivity index (χ0n) is 14.6. The molecule has 1 aliphatic heterocycles. The molecule has 4 rings (SSSR count). The smallest absolute Gasteiger partial charge is 0.221 e. The van der Waals surface area contributed by atoms with Crippen LogP contribution in [0.15, 0.2) is 30.7 Å². The van der Waals surface area contributed by atoms with E-state index in [1.165, 1.54) is 6.92 Å². The van der Waals surface area contributed by atoms with E-state index in [1.54, 1.807) is 6.20 Å². The summed E-state index contributed by atoms with van der Waals surface area (Å²) in [5.74, 6) is 0.239. The van der Waals surface area contributed by atoms with Crippen LogP contribution in [0.4, 0.5) is 5.69 Å². The van der Waals surface area contributed by atoms with E-state index in [4.69, 9.17) is 11.6 Å². The molecule has 1 atom stereocenters. The molecule has 136 valence electrons. The van der Waals surface area contributed by atoms with E-state index in [0.717, 1.165) is 55.2 Å². The van der Waals surface area contributed by atoms with Gasteiger partial charge in [-0.1, -0.05) is 11.6 Å². The van der Waals surface area contributed by atoms with Crippen LogP contribution < -0.4 is 5.32 Å². The Morgan fingerprint density at radius 3 is 3.15 bits per heavy atom. The van der Waals surface area contributed by atoms with E-state index >= 15 is 0 Å². The minimum atomic E-state index is -0.0799. The summed E-state index contributed by atoms with van der Waals surface area (Å²) in [5.41, 5.74) is 3.72. The Hall–Kier alpha value is -2.38. The molecule has 4 heterocycles. The lowest BCUT2D eigenvalue weighted by atomic mass is 9.94. The molecule has 1 fully saturated rings. The normalized spacial score (nSPS) is 18.3. The SMILES string of the molecule is CC(=O)Nc1cn[nH]c1[C@@H]1CCCN(Cc2cn3cc(Cl)ccc3n2)C1. The number of likely N-dealkylation sites (tertiary alicyclic amines) is 1. The first kappa shape index (κ1) is 17.1. The van der Waals surface area contributed by atoms with Crippen molar-refractivity contribution in [2.75, 3.05) is 18.4 Å². The standard InChI is InChI=1S/C18H21ClN6O/c1-12(26)21-16-7-20-23-18(16)13-3-2-6-24(8-13)10-15-11-25-9-14(19)4-5-17(25)22-15/h4-5,7,9,11,13H,2-3,6,8,10H2,1H3,(H,20,23)(H,21,26)/t13-/m1/s1. The Balaban J connectivity index is 1.48. The number of hydrogen-bond acceptors (Lipinski definition) is 4. The Morgan fingerprint density at radius 1 is 1.42 bits per heavy atom. The molecular weight excluding hydrogens is 352 g/mol. The molecule has 1 amide bonds. The van der Waals surface area contributed by atoms with Gasteiger partial charge in [-0.15, -0.1) is 0 Å². The molecule has 7 nitrogen and oxygen atoms in total. The summed E-state index contributed by atoms with van der Waals surface area (Å²) in [6.07, 6.45) is 7.76. The zero-order valence-corrected chi connectivity index (χ0v) is 15.3. The molecule has 0 spiro atoms. The second kappa shape index (κ2) is 7.09. The third kappa shape index (κ3) is 3.59. The molecule has 2 N–H and O–H groups in total. The van der Waals surface area contributed by atoms with Gasteiger partial charge in [0.15, 0.2) is 0 Å². The van der Waals surface area contributed by atoms with Crippen molar-refractivity contribution < 1.29 is 4.79 Å². The number of carbonyl (C=O) groups is 1. The maximum absolute atomic E-state index is 11.4.